The molecule has 0 radical (unpaired) electrons. The van der Waals surface area contributed by atoms with Gasteiger partial charge < -0.3 is 14.4 Å². The maximum atomic E-state index is 12.5. The summed E-state index contributed by atoms with van der Waals surface area (Å²) in [6.07, 6.45) is 7.82. The zero-order valence-electron chi connectivity index (χ0n) is 22.1. The van der Waals surface area contributed by atoms with Crippen molar-refractivity contribution in [3.63, 3.8) is 0 Å². The first-order valence-corrected chi connectivity index (χ1v) is 14.0. The molecule has 6 nitrogen and oxygen atoms in total. The summed E-state index contributed by atoms with van der Waals surface area (Å²) in [5.41, 5.74) is 0.941. The molecule has 0 bridgehead atoms. The minimum Gasteiger partial charge on any atom is -0.493 e. The Kier molecular flexibility index (Phi) is 7.59. The minimum absolute atomic E-state index is 0.171. The van der Waals surface area contributed by atoms with E-state index in [-0.39, 0.29) is 6.09 Å². The third-order valence-electron chi connectivity index (χ3n) is 8.50. The molecule has 4 unspecified atom stereocenters. The monoisotopic (exact) mass is 483 g/mol. The third kappa shape index (κ3) is 6.51. The van der Waals surface area contributed by atoms with E-state index in [0.717, 1.165) is 69.8 Å². The van der Waals surface area contributed by atoms with Crippen LogP contribution in [0, 0.1) is 17.8 Å². The van der Waals surface area contributed by atoms with Gasteiger partial charge in [0.2, 0.25) is 0 Å². The van der Waals surface area contributed by atoms with Crippen molar-refractivity contribution in [2.45, 2.75) is 77.5 Å². The summed E-state index contributed by atoms with van der Waals surface area (Å²) < 4.78 is 11.9. The number of nitrogens with zero attached hydrogens (tertiary/aromatic N) is 3. The number of carbonyl (C=O) groups is 1. The van der Waals surface area contributed by atoms with Crippen LogP contribution in [-0.2, 0) is 11.3 Å². The van der Waals surface area contributed by atoms with Gasteiger partial charge in [0.1, 0.15) is 11.4 Å². The fourth-order valence-corrected chi connectivity index (χ4v) is 6.72. The first-order valence-electron chi connectivity index (χ1n) is 14.0. The van der Waals surface area contributed by atoms with E-state index in [0.29, 0.717) is 12.0 Å². The minimum atomic E-state index is -0.437. The largest absolute Gasteiger partial charge is 0.493 e. The molecule has 1 amide bonds. The van der Waals surface area contributed by atoms with Crippen LogP contribution in [0.15, 0.2) is 24.3 Å². The SMILES string of the molecule is CC(C)(C)OC(=O)N1CCN2CC(COc3cccc(CN4CC5CCCCC5C4)c3)CCC2C1. The Morgan fingerprint density at radius 1 is 0.971 bits per heavy atom. The van der Waals surface area contributed by atoms with Gasteiger partial charge in [0, 0.05) is 57.8 Å². The van der Waals surface area contributed by atoms with Crippen molar-refractivity contribution < 1.29 is 14.3 Å². The van der Waals surface area contributed by atoms with Crippen molar-refractivity contribution in [1.29, 1.82) is 0 Å². The molecule has 0 N–H and O–H groups in total. The second kappa shape index (κ2) is 10.7. The third-order valence-corrected chi connectivity index (χ3v) is 8.50. The molecule has 0 aromatic heterocycles. The van der Waals surface area contributed by atoms with Crippen LogP contribution in [0.25, 0.3) is 0 Å². The lowest BCUT2D eigenvalue weighted by atomic mass is 9.82. The number of fused-ring (bicyclic) bond motifs is 2. The highest BCUT2D eigenvalue weighted by Crippen LogP contribution is 2.36. The van der Waals surface area contributed by atoms with Crippen molar-refractivity contribution in [2.24, 2.45) is 17.8 Å². The summed E-state index contributed by atoms with van der Waals surface area (Å²) in [6, 6.07) is 9.22. The predicted octanol–water partition coefficient (Wildman–Crippen LogP) is 5.02. The van der Waals surface area contributed by atoms with Gasteiger partial charge in [-0.05, 0) is 76.0 Å². The number of piperidine rings is 1. The molecular weight excluding hydrogens is 438 g/mol. The molecule has 0 spiro atoms. The summed E-state index contributed by atoms with van der Waals surface area (Å²) in [5.74, 6) is 3.43. The van der Waals surface area contributed by atoms with E-state index in [1.54, 1.807) is 0 Å². The molecule has 4 fully saturated rings. The molecular formula is C29H45N3O3. The summed E-state index contributed by atoms with van der Waals surface area (Å²) in [5, 5.41) is 0. The molecule has 35 heavy (non-hydrogen) atoms. The smallest absolute Gasteiger partial charge is 0.410 e. The summed E-state index contributed by atoms with van der Waals surface area (Å²) >= 11 is 0. The number of rotatable bonds is 5. The molecule has 4 atom stereocenters. The van der Waals surface area contributed by atoms with Crippen LogP contribution in [0.2, 0.25) is 0 Å². The standard InChI is InChI=1S/C29H45N3O3/c1-29(2,3)35-28(33)32-14-13-31-17-23(11-12-26(31)20-32)21-34-27-10-6-7-22(15-27)16-30-18-24-8-4-5-9-25(24)19-30/h6-7,10,15,23-26H,4-5,8-9,11-14,16-21H2,1-3H3. The average molecular weight is 484 g/mol. The summed E-state index contributed by atoms with van der Waals surface area (Å²) in [4.78, 5) is 19.6. The quantitative estimate of drug-likeness (QED) is 0.589. The first kappa shape index (κ1) is 24.9. The van der Waals surface area contributed by atoms with Gasteiger partial charge in [-0.2, -0.15) is 0 Å². The summed E-state index contributed by atoms with van der Waals surface area (Å²) in [6.45, 7) is 13.7. The van der Waals surface area contributed by atoms with E-state index in [4.69, 9.17) is 9.47 Å². The number of hydrogen-bond acceptors (Lipinski definition) is 5. The van der Waals surface area contributed by atoms with Gasteiger partial charge >= 0.3 is 6.09 Å². The topological polar surface area (TPSA) is 45.3 Å². The molecule has 3 heterocycles. The van der Waals surface area contributed by atoms with E-state index in [1.165, 1.54) is 44.3 Å². The lowest BCUT2D eigenvalue weighted by molar-refractivity contribution is -0.0122. The highest BCUT2D eigenvalue weighted by Gasteiger charge is 2.36. The van der Waals surface area contributed by atoms with Gasteiger partial charge in [0.15, 0.2) is 0 Å². The van der Waals surface area contributed by atoms with Crippen LogP contribution in [0.5, 0.6) is 5.75 Å². The molecule has 1 aromatic rings. The molecule has 4 aliphatic rings. The Balaban J connectivity index is 1.07. The van der Waals surface area contributed by atoms with Gasteiger partial charge in [-0.25, -0.2) is 4.79 Å². The molecule has 3 aliphatic heterocycles. The van der Waals surface area contributed by atoms with Gasteiger partial charge in [-0.3, -0.25) is 9.80 Å². The van der Waals surface area contributed by atoms with Crippen LogP contribution in [0.3, 0.4) is 0 Å². The van der Waals surface area contributed by atoms with Crippen LogP contribution < -0.4 is 4.74 Å². The van der Waals surface area contributed by atoms with Gasteiger partial charge in [-0.15, -0.1) is 0 Å². The Bertz CT molecular complexity index is 855. The van der Waals surface area contributed by atoms with Crippen molar-refractivity contribution in [1.82, 2.24) is 14.7 Å². The van der Waals surface area contributed by atoms with Gasteiger partial charge in [0.05, 0.1) is 6.61 Å². The second-order valence-electron chi connectivity index (χ2n) is 12.5. The van der Waals surface area contributed by atoms with Crippen molar-refractivity contribution in [3.8, 4) is 5.75 Å². The van der Waals surface area contributed by atoms with Crippen LogP contribution >= 0.6 is 0 Å². The maximum Gasteiger partial charge on any atom is 0.410 e. The Labute approximate surface area is 211 Å². The number of piperazine rings is 1. The molecule has 1 saturated carbocycles. The molecule has 1 aromatic carbocycles. The van der Waals surface area contributed by atoms with Crippen LogP contribution in [0.4, 0.5) is 4.79 Å². The number of carbonyl (C=O) groups excluding carboxylic acids is 1. The lowest BCUT2D eigenvalue weighted by Gasteiger charge is -2.46. The first-order chi connectivity index (χ1) is 16.8. The highest BCUT2D eigenvalue weighted by atomic mass is 16.6. The molecule has 194 valence electrons. The Hall–Kier alpha value is -1.79. The van der Waals surface area contributed by atoms with Gasteiger partial charge in [-0.1, -0.05) is 25.0 Å². The number of likely N-dealkylation sites (tertiary alicyclic amines) is 1. The zero-order chi connectivity index (χ0) is 24.4. The summed E-state index contributed by atoms with van der Waals surface area (Å²) in [7, 11) is 0. The zero-order valence-corrected chi connectivity index (χ0v) is 22.1. The van der Waals surface area contributed by atoms with Crippen molar-refractivity contribution in [2.75, 3.05) is 45.9 Å². The predicted molar refractivity (Wildman–Crippen MR) is 139 cm³/mol. The van der Waals surface area contributed by atoms with Crippen molar-refractivity contribution in [3.05, 3.63) is 29.8 Å². The Morgan fingerprint density at radius 3 is 2.49 bits per heavy atom. The number of benzene rings is 1. The van der Waals surface area contributed by atoms with Crippen LogP contribution in [-0.4, -0.2) is 78.3 Å². The maximum absolute atomic E-state index is 12.5. The molecule has 3 saturated heterocycles. The van der Waals surface area contributed by atoms with E-state index < -0.39 is 5.60 Å². The fraction of sp³-hybridized carbons (Fsp3) is 0.759. The Morgan fingerprint density at radius 2 is 1.74 bits per heavy atom. The van der Waals surface area contributed by atoms with Crippen molar-refractivity contribution >= 4 is 6.09 Å². The van der Waals surface area contributed by atoms with Gasteiger partial charge in [0.25, 0.3) is 0 Å². The fourth-order valence-electron chi connectivity index (χ4n) is 6.72. The molecule has 5 rings (SSSR count). The van der Waals surface area contributed by atoms with E-state index in [9.17, 15) is 4.79 Å². The lowest BCUT2D eigenvalue weighted by Crippen LogP contribution is -2.58. The normalized spacial score (nSPS) is 30.0. The average Bonchev–Trinajstić information content (AvgIpc) is 3.24. The molecule has 6 heteroatoms. The van der Waals surface area contributed by atoms with E-state index in [1.807, 2.05) is 25.7 Å². The van der Waals surface area contributed by atoms with Crippen LogP contribution in [0.1, 0.15) is 64.9 Å². The number of ether oxygens (including phenoxy) is 2. The highest BCUT2D eigenvalue weighted by molar-refractivity contribution is 5.68. The van der Waals surface area contributed by atoms with E-state index >= 15 is 0 Å². The number of hydrogen-bond donors (Lipinski definition) is 0. The number of amides is 1. The second-order valence-corrected chi connectivity index (χ2v) is 12.5. The van der Waals surface area contributed by atoms with E-state index in [2.05, 4.69) is 34.1 Å². The molecule has 1 aliphatic carbocycles.